The molecule has 2 rings (SSSR count). The molecule has 0 heterocycles. The van der Waals surface area contributed by atoms with Crippen LogP contribution in [-0.4, -0.2) is 4.99 Å². The second-order valence-corrected chi connectivity index (χ2v) is 6.19. The molecule has 1 nitrogen and oxygen atoms in total. The molecule has 1 aromatic rings. The molecule has 2 N–H and O–H groups in total. The summed E-state index contributed by atoms with van der Waals surface area (Å²) in [4.78, 5) is 0.629. The molecule has 0 spiro atoms. The molecule has 0 saturated heterocycles. The van der Waals surface area contributed by atoms with Crippen LogP contribution < -0.4 is 5.73 Å². The van der Waals surface area contributed by atoms with Crippen LogP contribution >= 0.6 is 12.2 Å². The lowest BCUT2D eigenvalue weighted by Gasteiger charge is -2.22. The van der Waals surface area contributed by atoms with E-state index in [0.717, 1.165) is 12.8 Å². The van der Waals surface area contributed by atoms with Crippen LogP contribution in [0.4, 0.5) is 0 Å². The Kier molecular flexibility index (Phi) is 6.94. The first-order valence-corrected chi connectivity index (χ1v) is 7.98. The van der Waals surface area contributed by atoms with Crippen LogP contribution in [0.5, 0.6) is 0 Å². The van der Waals surface area contributed by atoms with Crippen molar-refractivity contribution in [1.82, 2.24) is 0 Å². The molecule has 0 aromatic heterocycles. The smallest absolute Gasteiger partial charge is 0.0793 e. The number of benzene rings is 1. The summed E-state index contributed by atoms with van der Waals surface area (Å²) in [5.74, 6) is 0. The lowest BCUT2D eigenvalue weighted by molar-refractivity contribution is 0.516. The molecule has 110 valence electrons. The average molecular weight is 289 g/mol. The Morgan fingerprint density at radius 3 is 2.20 bits per heavy atom. The molecule has 0 bridgehead atoms. The van der Waals surface area contributed by atoms with E-state index < -0.39 is 0 Å². The molecule has 1 unspecified atom stereocenters. The number of rotatable bonds is 4. The molecule has 1 aliphatic carbocycles. The highest BCUT2D eigenvalue weighted by atomic mass is 32.1. The summed E-state index contributed by atoms with van der Waals surface area (Å²) < 4.78 is 0. The van der Waals surface area contributed by atoms with E-state index in [9.17, 15) is 0 Å². The molecule has 0 aliphatic heterocycles. The van der Waals surface area contributed by atoms with Crippen molar-refractivity contribution in [3.8, 4) is 0 Å². The van der Waals surface area contributed by atoms with E-state index in [1.54, 1.807) is 0 Å². The van der Waals surface area contributed by atoms with Crippen LogP contribution in [0, 0.1) is 5.41 Å². The predicted octanol–water partition coefficient (Wildman–Crippen LogP) is 5.35. The highest BCUT2D eigenvalue weighted by Crippen LogP contribution is 2.41. The summed E-state index contributed by atoms with van der Waals surface area (Å²) in [6, 6.07) is 10.4. The fourth-order valence-electron chi connectivity index (χ4n) is 2.33. The average Bonchev–Trinajstić information content (AvgIpc) is 2.86. The van der Waals surface area contributed by atoms with Gasteiger partial charge in [0, 0.05) is 5.41 Å². The number of thiocarbonyl (C=S) groups is 1. The van der Waals surface area contributed by atoms with E-state index in [2.05, 4.69) is 51.1 Å². The van der Waals surface area contributed by atoms with Gasteiger partial charge in [-0.2, -0.15) is 0 Å². The van der Waals surface area contributed by atoms with E-state index in [4.69, 9.17) is 18.0 Å². The fourth-order valence-corrected chi connectivity index (χ4v) is 2.48. The van der Waals surface area contributed by atoms with Gasteiger partial charge in [0.25, 0.3) is 0 Å². The third-order valence-corrected chi connectivity index (χ3v) is 4.32. The van der Waals surface area contributed by atoms with E-state index >= 15 is 0 Å². The van der Waals surface area contributed by atoms with Gasteiger partial charge in [-0.15, -0.1) is 0 Å². The maximum Gasteiger partial charge on any atom is 0.0793 e. The minimum atomic E-state index is -0.0134. The van der Waals surface area contributed by atoms with Gasteiger partial charge in [-0.05, 0) is 24.0 Å². The molecule has 0 radical (unpaired) electrons. The van der Waals surface area contributed by atoms with Gasteiger partial charge >= 0.3 is 0 Å². The van der Waals surface area contributed by atoms with Gasteiger partial charge in [0.05, 0.1) is 4.99 Å². The van der Waals surface area contributed by atoms with Gasteiger partial charge in [0.1, 0.15) is 0 Å². The van der Waals surface area contributed by atoms with Gasteiger partial charge in [-0.3, -0.25) is 0 Å². The molecule has 1 atom stereocenters. The summed E-state index contributed by atoms with van der Waals surface area (Å²) >= 11 is 5.12. The first kappa shape index (κ1) is 16.9. The van der Waals surface area contributed by atoms with E-state index in [1.807, 2.05) is 6.07 Å². The van der Waals surface area contributed by atoms with Crippen LogP contribution in [-0.2, 0) is 0 Å². The highest BCUT2D eigenvalue weighted by Gasteiger charge is 2.32. The minimum Gasteiger partial charge on any atom is -0.393 e. The normalized spacial score (nSPS) is 20.9. The molecule has 0 amide bonds. The van der Waals surface area contributed by atoms with Crippen molar-refractivity contribution >= 4 is 22.8 Å². The van der Waals surface area contributed by atoms with Crippen molar-refractivity contribution in [3.05, 3.63) is 42.0 Å². The Balaban J connectivity index is 0.000000347. The summed E-state index contributed by atoms with van der Waals surface area (Å²) in [5.41, 5.74) is 8.41. The van der Waals surface area contributed by atoms with Crippen LogP contribution in [0.3, 0.4) is 0 Å². The van der Waals surface area contributed by atoms with Gasteiger partial charge in [0.15, 0.2) is 0 Å². The SMILES string of the molecule is CC1(C(N)=S)CC=C(c2ccccc2)C1.CCCCC. The Bertz CT molecular complexity index is 448. The number of hydrogen-bond donors (Lipinski definition) is 1. The second-order valence-electron chi connectivity index (χ2n) is 5.75. The Hall–Kier alpha value is -1.15. The predicted molar refractivity (Wildman–Crippen MR) is 93.7 cm³/mol. The van der Waals surface area contributed by atoms with Crippen LogP contribution in [0.15, 0.2) is 36.4 Å². The molecular weight excluding hydrogens is 262 g/mol. The maximum absolute atomic E-state index is 5.77. The molecule has 1 aliphatic rings. The fraction of sp³-hybridized carbons (Fsp3) is 0.500. The highest BCUT2D eigenvalue weighted by molar-refractivity contribution is 7.80. The Morgan fingerprint density at radius 1 is 1.20 bits per heavy atom. The largest absolute Gasteiger partial charge is 0.393 e. The monoisotopic (exact) mass is 289 g/mol. The van der Waals surface area contributed by atoms with Gasteiger partial charge in [-0.1, -0.05) is 88.7 Å². The zero-order chi connectivity index (χ0) is 15.0. The van der Waals surface area contributed by atoms with Crippen LogP contribution in [0.1, 0.15) is 58.4 Å². The molecule has 0 fully saturated rings. The third kappa shape index (κ3) is 4.75. The van der Waals surface area contributed by atoms with E-state index in [-0.39, 0.29) is 5.41 Å². The summed E-state index contributed by atoms with van der Waals surface area (Å²) in [6.07, 6.45) is 8.26. The number of nitrogens with two attached hydrogens (primary N) is 1. The second kappa shape index (κ2) is 8.21. The molecule has 1 aromatic carbocycles. The minimum absolute atomic E-state index is 0.0134. The van der Waals surface area contributed by atoms with Crippen LogP contribution in [0.25, 0.3) is 5.57 Å². The van der Waals surface area contributed by atoms with E-state index in [1.165, 1.54) is 30.4 Å². The van der Waals surface area contributed by atoms with Gasteiger partial charge in [0.2, 0.25) is 0 Å². The maximum atomic E-state index is 5.77. The zero-order valence-corrected chi connectivity index (χ0v) is 13.8. The number of unbranched alkanes of at least 4 members (excludes halogenated alkanes) is 2. The van der Waals surface area contributed by atoms with Crippen molar-refractivity contribution in [1.29, 1.82) is 0 Å². The topological polar surface area (TPSA) is 26.0 Å². The molecular formula is C18H27NS. The Morgan fingerprint density at radius 2 is 1.80 bits per heavy atom. The van der Waals surface area contributed by atoms with Gasteiger partial charge < -0.3 is 5.73 Å². The summed E-state index contributed by atoms with van der Waals surface area (Å²) in [7, 11) is 0. The lowest BCUT2D eigenvalue weighted by Crippen LogP contribution is -2.30. The molecule has 2 heteroatoms. The first-order chi connectivity index (χ1) is 9.53. The number of allylic oxidation sites excluding steroid dienone is 2. The van der Waals surface area contributed by atoms with Crippen molar-refractivity contribution in [2.45, 2.75) is 52.9 Å². The zero-order valence-electron chi connectivity index (χ0n) is 13.0. The molecule has 0 saturated carbocycles. The summed E-state index contributed by atoms with van der Waals surface area (Å²) in [6.45, 7) is 6.56. The Labute approximate surface area is 129 Å². The van der Waals surface area contributed by atoms with Crippen molar-refractivity contribution in [2.24, 2.45) is 11.1 Å². The van der Waals surface area contributed by atoms with Crippen molar-refractivity contribution in [3.63, 3.8) is 0 Å². The first-order valence-electron chi connectivity index (χ1n) is 7.58. The van der Waals surface area contributed by atoms with E-state index in [0.29, 0.717) is 4.99 Å². The van der Waals surface area contributed by atoms with Crippen molar-refractivity contribution < 1.29 is 0 Å². The van der Waals surface area contributed by atoms with Crippen LogP contribution in [0.2, 0.25) is 0 Å². The van der Waals surface area contributed by atoms with Gasteiger partial charge in [-0.25, -0.2) is 0 Å². The number of hydrogen-bond acceptors (Lipinski definition) is 1. The molecule has 20 heavy (non-hydrogen) atoms. The lowest BCUT2D eigenvalue weighted by atomic mass is 9.86. The summed E-state index contributed by atoms with van der Waals surface area (Å²) in [5, 5.41) is 0. The van der Waals surface area contributed by atoms with Crippen molar-refractivity contribution in [2.75, 3.05) is 0 Å². The standard InChI is InChI=1S/C13H15NS.C5H12/c1-13(12(14)15)8-7-11(9-13)10-5-3-2-4-6-10;1-3-5-4-2/h2-7H,8-9H2,1H3,(H2,14,15);3-5H2,1-2H3. The third-order valence-electron chi connectivity index (χ3n) is 3.83. The quantitative estimate of drug-likeness (QED) is 0.756.